The molecule has 1 amide bonds. The number of benzene rings is 1. The zero-order valence-electron chi connectivity index (χ0n) is 11.5. The third kappa shape index (κ3) is 3.14. The molecule has 0 atom stereocenters. The fourth-order valence-corrected chi connectivity index (χ4v) is 2.12. The highest BCUT2D eigenvalue weighted by molar-refractivity contribution is 5.92. The maximum Gasteiger partial charge on any atom is 0.236 e. The number of carbonyl (C=O) groups excluding carboxylic acids is 1. The molecule has 0 bridgehead atoms. The molecule has 0 aliphatic carbocycles. The number of primary amides is 1. The average Bonchev–Trinajstić information content (AvgIpc) is 2.42. The van der Waals surface area contributed by atoms with Gasteiger partial charge in [-0.2, -0.15) is 4.98 Å². The van der Waals surface area contributed by atoms with E-state index < -0.39 is 0 Å². The Morgan fingerprint density at radius 2 is 2.05 bits per heavy atom. The highest BCUT2D eigenvalue weighted by atomic mass is 16.1. The summed E-state index contributed by atoms with van der Waals surface area (Å²) in [7, 11) is 0. The van der Waals surface area contributed by atoms with Gasteiger partial charge < -0.3 is 16.4 Å². The van der Waals surface area contributed by atoms with Gasteiger partial charge in [0.1, 0.15) is 5.82 Å². The summed E-state index contributed by atoms with van der Waals surface area (Å²) in [4.78, 5) is 21.6. The lowest BCUT2D eigenvalue weighted by Gasteiger charge is -2.23. The van der Waals surface area contributed by atoms with E-state index in [1.807, 2.05) is 29.2 Å². The summed E-state index contributed by atoms with van der Waals surface area (Å²) < 4.78 is 0. The number of aromatic nitrogens is 2. The summed E-state index contributed by atoms with van der Waals surface area (Å²) in [5, 5.41) is 0.874. The van der Waals surface area contributed by atoms with E-state index in [-0.39, 0.29) is 18.4 Å². The van der Waals surface area contributed by atoms with Crippen molar-refractivity contribution in [2.24, 2.45) is 5.73 Å². The van der Waals surface area contributed by atoms with Crippen molar-refractivity contribution in [3.8, 4) is 0 Å². The van der Waals surface area contributed by atoms with E-state index >= 15 is 0 Å². The number of para-hydroxylation sites is 1. The summed E-state index contributed by atoms with van der Waals surface area (Å²) >= 11 is 0. The van der Waals surface area contributed by atoms with Crippen molar-refractivity contribution in [3.63, 3.8) is 0 Å². The number of fused-ring (bicyclic) bond motifs is 1. The van der Waals surface area contributed by atoms with Crippen molar-refractivity contribution in [2.45, 2.75) is 19.8 Å². The van der Waals surface area contributed by atoms with Crippen LogP contribution >= 0.6 is 0 Å². The highest BCUT2D eigenvalue weighted by Crippen LogP contribution is 2.24. The Labute approximate surface area is 117 Å². The molecule has 0 spiro atoms. The fraction of sp³-hybridized carbons (Fsp3) is 0.357. The zero-order chi connectivity index (χ0) is 14.5. The van der Waals surface area contributed by atoms with Gasteiger partial charge in [0.25, 0.3) is 0 Å². The van der Waals surface area contributed by atoms with Crippen LogP contribution in [0.1, 0.15) is 19.8 Å². The number of unbranched alkanes of at least 4 members (excludes halogenated alkanes) is 1. The molecule has 1 heterocycles. The second-order valence-corrected chi connectivity index (χ2v) is 4.66. The van der Waals surface area contributed by atoms with E-state index in [1.165, 1.54) is 0 Å². The number of nitrogens with zero attached hydrogens (tertiary/aromatic N) is 3. The lowest BCUT2D eigenvalue weighted by atomic mass is 10.2. The van der Waals surface area contributed by atoms with E-state index in [0.717, 1.165) is 23.7 Å². The predicted octanol–water partition coefficient (Wildman–Crippen LogP) is 1.30. The van der Waals surface area contributed by atoms with Gasteiger partial charge in [-0.25, -0.2) is 4.98 Å². The van der Waals surface area contributed by atoms with Crippen molar-refractivity contribution >= 4 is 28.6 Å². The Balaban J connectivity index is 2.47. The normalized spacial score (nSPS) is 10.7. The largest absolute Gasteiger partial charge is 0.368 e. The molecule has 0 aliphatic rings. The predicted molar refractivity (Wildman–Crippen MR) is 80.3 cm³/mol. The van der Waals surface area contributed by atoms with E-state index in [9.17, 15) is 4.79 Å². The van der Waals surface area contributed by atoms with Crippen LogP contribution in [0.15, 0.2) is 24.3 Å². The molecule has 0 aliphatic heterocycles. The molecule has 2 aromatic rings. The molecular formula is C14H19N5O. The molecule has 106 valence electrons. The van der Waals surface area contributed by atoms with Crippen molar-refractivity contribution in [1.29, 1.82) is 0 Å². The lowest BCUT2D eigenvalue weighted by Crippen LogP contribution is -2.35. The van der Waals surface area contributed by atoms with Gasteiger partial charge in [-0.1, -0.05) is 25.5 Å². The average molecular weight is 273 g/mol. The molecule has 1 aromatic heterocycles. The molecule has 0 unspecified atom stereocenters. The number of carbonyl (C=O) groups is 1. The lowest BCUT2D eigenvalue weighted by molar-refractivity contribution is -0.116. The molecule has 4 N–H and O–H groups in total. The highest BCUT2D eigenvalue weighted by Gasteiger charge is 2.15. The third-order valence-corrected chi connectivity index (χ3v) is 3.03. The number of amides is 1. The van der Waals surface area contributed by atoms with Gasteiger partial charge in [-0.3, -0.25) is 4.79 Å². The Morgan fingerprint density at radius 3 is 2.75 bits per heavy atom. The van der Waals surface area contributed by atoms with Crippen molar-refractivity contribution in [2.75, 3.05) is 23.7 Å². The Kier molecular flexibility index (Phi) is 4.34. The van der Waals surface area contributed by atoms with Crippen LogP contribution in [0.3, 0.4) is 0 Å². The first-order valence-corrected chi connectivity index (χ1v) is 6.67. The first-order valence-electron chi connectivity index (χ1n) is 6.67. The SMILES string of the molecule is CCCCN(CC(N)=O)c1nc(N)nc2ccccc12. The second kappa shape index (κ2) is 6.18. The van der Waals surface area contributed by atoms with Crippen LogP contribution < -0.4 is 16.4 Å². The summed E-state index contributed by atoms with van der Waals surface area (Å²) in [5.41, 5.74) is 11.9. The summed E-state index contributed by atoms with van der Waals surface area (Å²) in [6.45, 7) is 2.93. The summed E-state index contributed by atoms with van der Waals surface area (Å²) in [6, 6.07) is 7.60. The molecule has 0 fully saturated rings. The molecule has 0 radical (unpaired) electrons. The van der Waals surface area contributed by atoms with E-state index in [0.29, 0.717) is 12.4 Å². The minimum Gasteiger partial charge on any atom is -0.368 e. The van der Waals surface area contributed by atoms with Crippen LogP contribution in [0.5, 0.6) is 0 Å². The van der Waals surface area contributed by atoms with Crippen molar-refractivity contribution < 1.29 is 4.79 Å². The molecule has 6 heteroatoms. The standard InChI is InChI=1S/C14H19N5O/c1-2-3-8-19(9-12(15)20)13-10-6-4-5-7-11(10)17-14(16)18-13/h4-7H,2-3,8-9H2,1H3,(H2,15,20)(H2,16,17,18). The molecule has 1 aromatic carbocycles. The zero-order valence-corrected chi connectivity index (χ0v) is 11.5. The van der Waals surface area contributed by atoms with Gasteiger partial charge in [0, 0.05) is 11.9 Å². The smallest absolute Gasteiger partial charge is 0.236 e. The Bertz CT molecular complexity index is 614. The van der Waals surface area contributed by atoms with E-state index in [2.05, 4.69) is 16.9 Å². The summed E-state index contributed by atoms with van der Waals surface area (Å²) in [5.74, 6) is 0.479. The maximum absolute atomic E-state index is 11.3. The van der Waals surface area contributed by atoms with Crippen LogP contribution in [0, 0.1) is 0 Å². The van der Waals surface area contributed by atoms with Gasteiger partial charge in [0.2, 0.25) is 11.9 Å². The van der Waals surface area contributed by atoms with Crippen LogP contribution in [-0.4, -0.2) is 29.0 Å². The van der Waals surface area contributed by atoms with Gasteiger partial charge in [0.05, 0.1) is 12.1 Å². The fourth-order valence-electron chi connectivity index (χ4n) is 2.12. The van der Waals surface area contributed by atoms with Crippen molar-refractivity contribution in [3.05, 3.63) is 24.3 Å². The minimum atomic E-state index is -0.387. The first-order chi connectivity index (χ1) is 9.61. The van der Waals surface area contributed by atoms with Crippen LogP contribution in [0.25, 0.3) is 10.9 Å². The maximum atomic E-state index is 11.3. The van der Waals surface area contributed by atoms with Crippen molar-refractivity contribution in [1.82, 2.24) is 9.97 Å². The minimum absolute atomic E-state index is 0.125. The molecule has 2 rings (SSSR count). The monoisotopic (exact) mass is 273 g/mol. The molecular weight excluding hydrogens is 254 g/mol. The Morgan fingerprint density at radius 1 is 1.30 bits per heavy atom. The first kappa shape index (κ1) is 14.0. The Hall–Kier alpha value is -2.37. The number of rotatable bonds is 6. The number of hydrogen-bond donors (Lipinski definition) is 2. The van der Waals surface area contributed by atoms with E-state index in [4.69, 9.17) is 11.5 Å². The van der Waals surface area contributed by atoms with Crippen LogP contribution in [0.2, 0.25) is 0 Å². The third-order valence-electron chi connectivity index (χ3n) is 3.03. The number of nitrogens with two attached hydrogens (primary N) is 2. The van der Waals surface area contributed by atoms with Gasteiger partial charge in [-0.15, -0.1) is 0 Å². The number of anilines is 2. The second-order valence-electron chi connectivity index (χ2n) is 4.66. The number of hydrogen-bond acceptors (Lipinski definition) is 5. The van der Waals surface area contributed by atoms with Crippen LogP contribution in [0.4, 0.5) is 11.8 Å². The topological polar surface area (TPSA) is 98.1 Å². The van der Waals surface area contributed by atoms with Gasteiger partial charge in [-0.05, 0) is 18.6 Å². The number of nitrogen functional groups attached to an aromatic ring is 1. The van der Waals surface area contributed by atoms with Gasteiger partial charge in [0.15, 0.2) is 0 Å². The molecule has 0 saturated heterocycles. The summed E-state index contributed by atoms with van der Waals surface area (Å²) in [6.07, 6.45) is 1.97. The quantitative estimate of drug-likeness (QED) is 0.826. The molecule has 6 nitrogen and oxygen atoms in total. The molecule has 0 saturated carbocycles. The van der Waals surface area contributed by atoms with Crippen LogP contribution in [-0.2, 0) is 4.79 Å². The molecule has 20 heavy (non-hydrogen) atoms. The van der Waals surface area contributed by atoms with Gasteiger partial charge >= 0.3 is 0 Å². The van der Waals surface area contributed by atoms with E-state index in [1.54, 1.807) is 0 Å².